The summed E-state index contributed by atoms with van der Waals surface area (Å²) in [6.45, 7) is 2.40. The maximum absolute atomic E-state index is 12.6. The van der Waals surface area contributed by atoms with Crippen LogP contribution in [0.5, 0.6) is 0 Å². The van der Waals surface area contributed by atoms with Crippen LogP contribution in [-0.4, -0.2) is 17.0 Å². The van der Waals surface area contributed by atoms with Crippen LogP contribution in [-0.2, 0) is 16.0 Å². The van der Waals surface area contributed by atoms with Crippen molar-refractivity contribution in [3.63, 3.8) is 0 Å². The van der Waals surface area contributed by atoms with Gasteiger partial charge < -0.3 is 10.5 Å². The minimum Gasteiger partial charge on any atom is -0.464 e. The zero-order valence-electron chi connectivity index (χ0n) is 11.9. The van der Waals surface area contributed by atoms with E-state index in [1.54, 1.807) is 10.6 Å². The molecule has 0 spiro atoms. The van der Waals surface area contributed by atoms with E-state index >= 15 is 0 Å². The third-order valence-corrected chi connectivity index (χ3v) is 4.06. The molecule has 3 rings (SSSR count). The van der Waals surface area contributed by atoms with Gasteiger partial charge in [-0.1, -0.05) is 6.07 Å². The summed E-state index contributed by atoms with van der Waals surface area (Å²) in [7, 11) is 0. The van der Waals surface area contributed by atoms with Crippen molar-refractivity contribution >= 4 is 17.7 Å². The lowest BCUT2D eigenvalue weighted by Gasteiger charge is -2.15. The lowest BCUT2D eigenvalue weighted by atomic mass is 10.0. The first kappa shape index (κ1) is 13.7. The van der Waals surface area contributed by atoms with Crippen LogP contribution in [0.15, 0.2) is 29.2 Å². The van der Waals surface area contributed by atoms with Crippen molar-refractivity contribution in [1.29, 1.82) is 0 Å². The van der Waals surface area contributed by atoms with Crippen LogP contribution >= 0.6 is 0 Å². The molecule has 5 nitrogen and oxygen atoms in total. The Morgan fingerprint density at radius 2 is 2.24 bits per heavy atom. The molecular weight excluding hydrogens is 268 g/mol. The van der Waals surface area contributed by atoms with Crippen LogP contribution in [0, 0.1) is 12.8 Å². The van der Waals surface area contributed by atoms with Gasteiger partial charge in [-0.2, -0.15) is 0 Å². The third kappa shape index (κ3) is 2.63. The Balaban J connectivity index is 2.01. The van der Waals surface area contributed by atoms with E-state index in [2.05, 4.69) is 0 Å². The molecule has 1 atom stereocenters. The summed E-state index contributed by atoms with van der Waals surface area (Å²) in [5.74, 6) is 0.387. The number of carbonyl (C=O) groups is 1. The van der Waals surface area contributed by atoms with E-state index in [0.29, 0.717) is 30.1 Å². The van der Waals surface area contributed by atoms with Crippen LogP contribution in [0.4, 0.5) is 5.69 Å². The summed E-state index contributed by atoms with van der Waals surface area (Å²) in [6.07, 6.45) is 4.01. The fraction of sp³-hybridized carbons (Fsp3) is 0.375. The number of nitrogen functional groups attached to an aromatic ring is 1. The summed E-state index contributed by atoms with van der Waals surface area (Å²) in [6, 6.07) is 5.58. The fourth-order valence-corrected chi connectivity index (χ4v) is 2.79. The molecule has 2 N–H and O–H groups in total. The predicted octanol–water partition coefficient (Wildman–Crippen LogP) is 1.68. The molecule has 2 heterocycles. The predicted molar refractivity (Wildman–Crippen MR) is 80.2 cm³/mol. The average molecular weight is 286 g/mol. The van der Waals surface area contributed by atoms with Gasteiger partial charge in [0.25, 0.3) is 12.0 Å². The first-order valence-corrected chi connectivity index (χ1v) is 7.09. The van der Waals surface area contributed by atoms with E-state index in [1.807, 2.05) is 25.1 Å². The van der Waals surface area contributed by atoms with Crippen molar-refractivity contribution in [3.8, 4) is 0 Å². The smallest absolute Gasteiger partial charge is 0.293 e. The first-order valence-electron chi connectivity index (χ1n) is 7.09. The van der Waals surface area contributed by atoms with Gasteiger partial charge in [0, 0.05) is 23.9 Å². The standard InChI is InChI=1S/C16H18N2O3/c1-10-6-13(17)8-18-14(10)5-4-12(16(18)20)7-15(21-9-19)11-2-3-11/h4-6,8-9,11,15H,2-3,7,17H2,1H3. The maximum Gasteiger partial charge on any atom is 0.293 e. The monoisotopic (exact) mass is 286 g/mol. The van der Waals surface area contributed by atoms with Gasteiger partial charge in [-0.3, -0.25) is 14.0 Å². The molecule has 0 amide bonds. The number of ether oxygens (including phenoxy) is 1. The summed E-state index contributed by atoms with van der Waals surface area (Å²) in [5, 5.41) is 0. The maximum atomic E-state index is 12.6. The van der Waals surface area contributed by atoms with Gasteiger partial charge >= 0.3 is 0 Å². The summed E-state index contributed by atoms with van der Waals surface area (Å²) >= 11 is 0. The van der Waals surface area contributed by atoms with Gasteiger partial charge in [-0.15, -0.1) is 0 Å². The lowest BCUT2D eigenvalue weighted by molar-refractivity contribution is -0.134. The van der Waals surface area contributed by atoms with Crippen LogP contribution < -0.4 is 11.3 Å². The second-order valence-electron chi connectivity index (χ2n) is 5.69. The average Bonchev–Trinajstić information content (AvgIpc) is 3.26. The molecule has 110 valence electrons. The van der Waals surface area contributed by atoms with E-state index in [0.717, 1.165) is 23.9 Å². The Labute approximate surface area is 122 Å². The Morgan fingerprint density at radius 3 is 2.90 bits per heavy atom. The highest BCUT2D eigenvalue weighted by Crippen LogP contribution is 2.35. The summed E-state index contributed by atoms with van der Waals surface area (Å²) in [5.41, 5.74) is 8.74. The van der Waals surface area contributed by atoms with Gasteiger partial charge in [0.05, 0.1) is 5.52 Å². The van der Waals surface area contributed by atoms with Crippen LogP contribution in [0.25, 0.3) is 5.52 Å². The number of pyridine rings is 2. The minimum atomic E-state index is -0.199. The molecule has 0 radical (unpaired) electrons. The summed E-state index contributed by atoms with van der Waals surface area (Å²) in [4.78, 5) is 23.2. The quantitative estimate of drug-likeness (QED) is 0.849. The molecule has 0 bridgehead atoms. The second-order valence-corrected chi connectivity index (χ2v) is 5.69. The van der Waals surface area contributed by atoms with Gasteiger partial charge in [-0.05, 0) is 43.4 Å². The first-order chi connectivity index (χ1) is 10.1. The Hall–Kier alpha value is -2.30. The molecule has 1 saturated carbocycles. The third-order valence-electron chi connectivity index (χ3n) is 4.06. The molecule has 2 aromatic heterocycles. The lowest BCUT2D eigenvalue weighted by Crippen LogP contribution is -2.25. The molecule has 21 heavy (non-hydrogen) atoms. The molecule has 1 unspecified atom stereocenters. The van der Waals surface area contributed by atoms with E-state index < -0.39 is 0 Å². The number of hydrogen-bond donors (Lipinski definition) is 1. The fourth-order valence-electron chi connectivity index (χ4n) is 2.79. The zero-order valence-corrected chi connectivity index (χ0v) is 11.9. The zero-order chi connectivity index (χ0) is 15.0. The van der Waals surface area contributed by atoms with Crippen LogP contribution in [0.3, 0.4) is 0 Å². The molecular formula is C16H18N2O3. The summed E-state index contributed by atoms with van der Waals surface area (Å²) < 4.78 is 6.71. The number of rotatable bonds is 5. The van der Waals surface area contributed by atoms with Gasteiger partial charge in [0.1, 0.15) is 6.10 Å². The van der Waals surface area contributed by atoms with E-state index in [4.69, 9.17) is 10.5 Å². The molecule has 0 aromatic carbocycles. The van der Waals surface area contributed by atoms with Crippen molar-refractivity contribution < 1.29 is 9.53 Å². The van der Waals surface area contributed by atoms with Gasteiger partial charge in [0.15, 0.2) is 0 Å². The van der Waals surface area contributed by atoms with Crippen LogP contribution in [0.1, 0.15) is 24.0 Å². The topological polar surface area (TPSA) is 73.8 Å². The Bertz CT molecular complexity index is 747. The SMILES string of the molecule is Cc1cc(N)cn2c(=O)c(CC(OC=O)C3CC3)ccc12. The van der Waals surface area contributed by atoms with Gasteiger partial charge in [-0.25, -0.2) is 0 Å². The van der Waals surface area contributed by atoms with Crippen molar-refractivity contribution in [2.45, 2.75) is 32.3 Å². The molecule has 1 fully saturated rings. The molecule has 2 aromatic rings. The Morgan fingerprint density at radius 1 is 1.48 bits per heavy atom. The van der Waals surface area contributed by atoms with E-state index in [9.17, 15) is 9.59 Å². The van der Waals surface area contributed by atoms with E-state index in [-0.39, 0.29) is 11.7 Å². The number of hydrogen-bond acceptors (Lipinski definition) is 4. The van der Waals surface area contributed by atoms with Crippen molar-refractivity contribution in [2.24, 2.45) is 5.92 Å². The molecule has 1 aliphatic rings. The normalized spacial score (nSPS) is 15.9. The highest BCUT2D eigenvalue weighted by atomic mass is 16.5. The van der Waals surface area contributed by atoms with Crippen molar-refractivity contribution in [3.05, 3.63) is 45.9 Å². The second kappa shape index (κ2) is 5.24. The highest BCUT2D eigenvalue weighted by molar-refractivity contribution is 5.59. The molecule has 0 saturated heterocycles. The number of aryl methyl sites for hydroxylation is 1. The van der Waals surface area contributed by atoms with Crippen LogP contribution in [0.2, 0.25) is 0 Å². The van der Waals surface area contributed by atoms with Crippen molar-refractivity contribution in [1.82, 2.24) is 4.40 Å². The molecule has 1 aliphatic carbocycles. The molecule has 5 heteroatoms. The van der Waals surface area contributed by atoms with E-state index in [1.165, 1.54) is 0 Å². The number of anilines is 1. The number of fused-ring (bicyclic) bond motifs is 1. The number of nitrogens with zero attached hydrogens (tertiary/aromatic N) is 1. The Kier molecular flexibility index (Phi) is 3.41. The number of aromatic nitrogens is 1. The minimum absolute atomic E-state index is 0.0944. The number of nitrogens with two attached hydrogens (primary N) is 1. The molecule has 0 aliphatic heterocycles. The van der Waals surface area contributed by atoms with Crippen molar-refractivity contribution in [2.75, 3.05) is 5.73 Å². The largest absolute Gasteiger partial charge is 0.464 e. The van der Waals surface area contributed by atoms with Gasteiger partial charge in [0.2, 0.25) is 0 Å². The number of carbonyl (C=O) groups excluding carboxylic acids is 1. The highest BCUT2D eigenvalue weighted by Gasteiger charge is 2.33.